The maximum atomic E-state index is 11.1. The van der Waals surface area contributed by atoms with E-state index in [1.165, 1.54) is 19.1 Å². The Bertz CT molecular complexity index is 428. The van der Waals surface area contributed by atoms with Crippen LogP contribution in [0.3, 0.4) is 0 Å². The van der Waals surface area contributed by atoms with E-state index < -0.39 is 5.43 Å². The lowest BCUT2D eigenvalue weighted by molar-refractivity contribution is -0.119. The van der Waals surface area contributed by atoms with Gasteiger partial charge >= 0.3 is 0 Å². The second kappa shape index (κ2) is 4.59. The van der Waals surface area contributed by atoms with Crippen molar-refractivity contribution in [3.63, 3.8) is 0 Å². The summed E-state index contributed by atoms with van der Waals surface area (Å²) in [5, 5.41) is 11.9. The predicted octanol–water partition coefficient (Wildman–Crippen LogP) is 0.950. The van der Waals surface area contributed by atoms with Gasteiger partial charge in [0, 0.05) is 6.92 Å². The smallest absolute Gasteiger partial charge is 0.220 e. The van der Waals surface area contributed by atoms with E-state index in [0.29, 0.717) is 0 Å². The van der Waals surface area contributed by atoms with Crippen LogP contribution < -0.4 is 10.7 Å². The van der Waals surface area contributed by atoms with Gasteiger partial charge in [0.2, 0.25) is 11.3 Å². The third-order valence-electron chi connectivity index (χ3n) is 2.03. The molecule has 0 bridgehead atoms. The summed E-state index contributed by atoms with van der Waals surface area (Å²) < 4.78 is 0. The Balaban J connectivity index is 3.02. The molecule has 80 valence electrons. The number of amides is 1. The third-order valence-corrected chi connectivity index (χ3v) is 2.03. The van der Waals surface area contributed by atoms with Crippen molar-refractivity contribution in [3.8, 4) is 5.75 Å². The quantitative estimate of drug-likeness (QED) is 0.758. The van der Waals surface area contributed by atoms with E-state index in [1.807, 2.05) is 0 Å². The number of aromatic hydroxyl groups is 1. The van der Waals surface area contributed by atoms with Crippen LogP contribution in [0.2, 0.25) is 0 Å². The normalized spacial score (nSPS) is 11.9. The molecule has 1 atom stereocenters. The molecule has 2 N–H and O–H groups in total. The third kappa shape index (κ3) is 3.09. The van der Waals surface area contributed by atoms with E-state index in [0.717, 1.165) is 5.56 Å². The van der Waals surface area contributed by atoms with Crippen molar-refractivity contribution >= 4 is 5.91 Å². The second-order valence-electron chi connectivity index (χ2n) is 3.34. The van der Waals surface area contributed by atoms with Crippen LogP contribution in [0.25, 0.3) is 0 Å². The van der Waals surface area contributed by atoms with Gasteiger partial charge in [-0.3, -0.25) is 9.59 Å². The van der Waals surface area contributed by atoms with Crippen LogP contribution in [0.4, 0.5) is 0 Å². The highest BCUT2D eigenvalue weighted by molar-refractivity contribution is 5.73. The van der Waals surface area contributed by atoms with Crippen LogP contribution in [0.1, 0.15) is 25.5 Å². The first-order valence-electron chi connectivity index (χ1n) is 4.61. The average Bonchev–Trinajstić information content (AvgIpc) is 2.29. The van der Waals surface area contributed by atoms with Crippen molar-refractivity contribution in [2.24, 2.45) is 0 Å². The van der Waals surface area contributed by atoms with Crippen LogP contribution in [-0.4, -0.2) is 11.0 Å². The number of carbonyl (C=O) groups excluding carboxylic acids is 1. The standard InChI is InChI=1S/C11H13NO3/c1-7(12-8(2)13)9-3-5-10(14)11(15)6-4-9/h3-7H,1-2H3,(H,12,13)(H,14,15). The van der Waals surface area contributed by atoms with Crippen molar-refractivity contribution in [2.75, 3.05) is 0 Å². The molecule has 0 radical (unpaired) electrons. The molecule has 0 aliphatic carbocycles. The van der Waals surface area contributed by atoms with E-state index in [1.54, 1.807) is 19.1 Å². The molecule has 1 amide bonds. The molecule has 0 spiro atoms. The largest absolute Gasteiger partial charge is 0.504 e. The predicted molar refractivity (Wildman–Crippen MR) is 56.6 cm³/mol. The van der Waals surface area contributed by atoms with Gasteiger partial charge in [-0.15, -0.1) is 0 Å². The van der Waals surface area contributed by atoms with Gasteiger partial charge in [-0.25, -0.2) is 0 Å². The summed E-state index contributed by atoms with van der Waals surface area (Å²) in [5.41, 5.74) is 0.332. The topological polar surface area (TPSA) is 66.4 Å². The number of nitrogens with one attached hydrogen (secondary N) is 1. The van der Waals surface area contributed by atoms with Crippen molar-refractivity contribution < 1.29 is 9.90 Å². The fourth-order valence-electron chi connectivity index (χ4n) is 1.25. The maximum absolute atomic E-state index is 11.1. The second-order valence-corrected chi connectivity index (χ2v) is 3.34. The van der Waals surface area contributed by atoms with Gasteiger partial charge in [0.15, 0.2) is 5.75 Å². The SMILES string of the molecule is CC(=O)NC(C)c1ccc(O)c(=O)cc1. The van der Waals surface area contributed by atoms with E-state index in [4.69, 9.17) is 5.11 Å². The molecule has 1 aromatic rings. The lowest BCUT2D eigenvalue weighted by Gasteiger charge is -2.10. The van der Waals surface area contributed by atoms with E-state index in [9.17, 15) is 9.59 Å². The van der Waals surface area contributed by atoms with Gasteiger partial charge < -0.3 is 10.4 Å². The van der Waals surface area contributed by atoms with Crippen molar-refractivity contribution in [3.05, 3.63) is 40.1 Å². The highest BCUT2D eigenvalue weighted by Crippen LogP contribution is 2.11. The zero-order valence-electron chi connectivity index (χ0n) is 8.65. The molecule has 0 aliphatic rings. The first-order valence-corrected chi connectivity index (χ1v) is 4.61. The molecule has 1 unspecified atom stereocenters. The van der Waals surface area contributed by atoms with Gasteiger partial charge in [-0.2, -0.15) is 0 Å². The summed E-state index contributed by atoms with van der Waals surface area (Å²) in [6.07, 6.45) is 0. The zero-order chi connectivity index (χ0) is 11.4. The Kier molecular flexibility index (Phi) is 3.44. The minimum atomic E-state index is -0.434. The Labute approximate surface area is 87.6 Å². The molecule has 0 saturated carbocycles. The van der Waals surface area contributed by atoms with Gasteiger partial charge in [-0.1, -0.05) is 12.1 Å². The van der Waals surface area contributed by atoms with Gasteiger partial charge in [0.1, 0.15) is 0 Å². The molecule has 1 aromatic carbocycles. The summed E-state index contributed by atoms with van der Waals surface area (Å²) in [6.45, 7) is 3.23. The maximum Gasteiger partial charge on any atom is 0.220 e. The minimum absolute atomic E-state index is 0.138. The Morgan fingerprint density at radius 3 is 2.53 bits per heavy atom. The van der Waals surface area contributed by atoms with Crippen LogP contribution in [0.15, 0.2) is 29.1 Å². The van der Waals surface area contributed by atoms with Crippen LogP contribution >= 0.6 is 0 Å². The van der Waals surface area contributed by atoms with Gasteiger partial charge in [-0.05, 0) is 24.6 Å². The summed E-state index contributed by atoms with van der Waals surface area (Å²) in [7, 11) is 0. The van der Waals surface area contributed by atoms with Crippen molar-refractivity contribution in [2.45, 2.75) is 19.9 Å². The molecular formula is C11H13NO3. The van der Waals surface area contributed by atoms with Crippen molar-refractivity contribution in [1.29, 1.82) is 0 Å². The fourth-order valence-corrected chi connectivity index (χ4v) is 1.25. The summed E-state index contributed by atoms with van der Waals surface area (Å²) in [6, 6.07) is 5.62. The highest BCUT2D eigenvalue weighted by Gasteiger charge is 2.05. The van der Waals surface area contributed by atoms with Crippen LogP contribution in [0.5, 0.6) is 5.75 Å². The van der Waals surface area contributed by atoms with Crippen LogP contribution in [-0.2, 0) is 4.79 Å². The summed E-state index contributed by atoms with van der Waals surface area (Å²) in [5.74, 6) is -0.433. The zero-order valence-corrected chi connectivity index (χ0v) is 8.65. The van der Waals surface area contributed by atoms with E-state index >= 15 is 0 Å². The van der Waals surface area contributed by atoms with Crippen LogP contribution in [0, 0.1) is 0 Å². The first-order chi connectivity index (χ1) is 7.00. The molecule has 0 aromatic heterocycles. The van der Waals surface area contributed by atoms with Crippen molar-refractivity contribution in [1.82, 2.24) is 5.32 Å². The van der Waals surface area contributed by atoms with Gasteiger partial charge in [0.25, 0.3) is 0 Å². The van der Waals surface area contributed by atoms with Gasteiger partial charge in [0.05, 0.1) is 6.04 Å². The van der Waals surface area contributed by atoms with E-state index in [2.05, 4.69) is 5.32 Å². The molecular weight excluding hydrogens is 194 g/mol. The number of rotatable bonds is 2. The molecule has 1 rings (SSSR count). The molecule has 4 heteroatoms. The number of carbonyl (C=O) groups is 1. The number of hydrogen-bond acceptors (Lipinski definition) is 3. The number of hydrogen-bond donors (Lipinski definition) is 2. The molecule has 0 aliphatic heterocycles. The summed E-state index contributed by atoms with van der Waals surface area (Å²) in [4.78, 5) is 21.9. The average molecular weight is 207 g/mol. The molecule has 0 heterocycles. The molecule has 15 heavy (non-hydrogen) atoms. The Morgan fingerprint density at radius 2 is 1.93 bits per heavy atom. The Hall–Kier alpha value is -1.84. The lowest BCUT2D eigenvalue weighted by Crippen LogP contribution is -2.23. The first kappa shape index (κ1) is 11.2. The molecule has 4 nitrogen and oxygen atoms in total. The Morgan fingerprint density at radius 1 is 1.33 bits per heavy atom. The molecule has 0 saturated heterocycles. The summed E-state index contributed by atoms with van der Waals surface area (Å²) >= 11 is 0. The minimum Gasteiger partial charge on any atom is -0.504 e. The molecule has 0 fully saturated rings. The fraction of sp³-hybridized carbons (Fsp3) is 0.273. The monoisotopic (exact) mass is 207 g/mol. The lowest BCUT2D eigenvalue weighted by atomic mass is 10.1. The highest BCUT2D eigenvalue weighted by atomic mass is 16.3. The van der Waals surface area contributed by atoms with E-state index in [-0.39, 0.29) is 17.7 Å².